The van der Waals surface area contributed by atoms with Gasteiger partial charge in [-0.1, -0.05) is 66.2 Å². The number of fused-ring (bicyclic) bond motifs is 1. The zero-order chi connectivity index (χ0) is 21.3. The Balaban J connectivity index is 1.66. The molecule has 156 valence electrons. The maximum Gasteiger partial charge on any atom is 0.240 e. The Hall–Kier alpha value is -2.51. The minimum absolute atomic E-state index is 0.107. The van der Waals surface area contributed by atoms with E-state index in [0.29, 0.717) is 15.9 Å². The highest BCUT2D eigenvalue weighted by Gasteiger charge is 2.37. The van der Waals surface area contributed by atoms with Crippen LogP contribution in [0.15, 0.2) is 47.6 Å². The first-order valence-electron chi connectivity index (χ1n) is 9.97. The Labute approximate surface area is 185 Å². The van der Waals surface area contributed by atoms with Gasteiger partial charge < -0.3 is 10.7 Å². The first kappa shape index (κ1) is 20.8. The van der Waals surface area contributed by atoms with Gasteiger partial charge in [-0.25, -0.2) is 4.68 Å². The fourth-order valence-corrected chi connectivity index (χ4v) is 4.67. The van der Waals surface area contributed by atoms with Crippen LogP contribution in [0.2, 0.25) is 5.02 Å². The van der Waals surface area contributed by atoms with E-state index in [9.17, 15) is 4.79 Å². The van der Waals surface area contributed by atoms with Crippen LogP contribution >= 0.6 is 23.4 Å². The lowest BCUT2D eigenvalue weighted by molar-refractivity contribution is -0.116. The van der Waals surface area contributed by atoms with Gasteiger partial charge in [-0.15, -0.1) is 10.2 Å². The number of halogens is 1. The third-order valence-corrected chi connectivity index (χ3v) is 6.73. The van der Waals surface area contributed by atoms with Gasteiger partial charge in [0.1, 0.15) is 5.25 Å². The number of rotatable bonds is 5. The van der Waals surface area contributed by atoms with Gasteiger partial charge in [0.15, 0.2) is 5.82 Å². The van der Waals surface area contributed by atoms with E-state index in [1.54, 1.807) is 6.07 Å². The first-order valence-corrected chi connectivity index (χ1v) is 11.2. The van der Waals surface area contributed by atoms with Crippen LogP contribution in [0.3, 0.4) is 0 Å². The molecule has 1 aliphatic heterocycles. The monoisotopic (exact) mass is 441 g/mol. The fourth-order valence-electron chi connectivity index (χ4n) is 3.39. The molecule has 2 aromatic carbocycles. The second-order valence-corrected chi connectivity index (χ2v) is 9.01. The van der Waals surface area contributed by atoms with Crippen molar-refractivity contribution in [1.82, 2.24) is 14.9 Å². The summed E-state index contributed by atoms with van der Waals surface area (Å²) >= 11 is 7.66. The van der Waals surface area contributed by atoms with Crippen LogP contribution in [0.1, 0.15) is 41.9 Å². The molecule has 0 aliphatic carbocycles. The second-order valence-electron chi connectivity index (χ2n) is 7.49. The number of nitrogens with one attached hydrogen (secondary N) is 2. The Kier molecular flexibility index (Phi) is 6.01. The minimum Gasteiger partial charge on any atom is -0.325 e. The van der Waals surface area contributed by atoms with E-state index in [2.05, 4.69) is 59.1 Å². The Morgan fingerprint density at radius 3 is 2.67 bits per heavy atom. The summed E-state index contributed by atoms with van der Waals surface area (Å²) in [5.74, 6) is 0.769. The number of anilines is 1. The molecule has 0 spiro atoms. The number of hydrogen-bond donors (Lipinski definition) is 2. The molecular weight excluding hydrogens is 418 g/mol. The molecule has 1 aromatic heterocycles. The van der Waals surface area contributed by atoms with Crippen molar-refractivity contribution < 1.29 is 4.79 Å². The van der Waals surface area contributed by atoms with Gasteiger partial charge in [-0.2, -0.15) is 0 Å². The van der Waals surface area contributed by atoms with Crippen LogP contribution in [0.25, 0.3) is 0 Å². The number of carbonyl (C=O) groups is 1. The van der Waals surface area contributed by atoms with Crippen LogP contribution in [0.4, 0.5) is 5.69 Å². The molecule has 0 radical (unpaired) electrons. The molecule has 1 aliphatic rings. The molecule has 3 aromatic rings. The van der Waals surface area contributed by atoms with Gasteiger partial charge in [-0.05, 0) is 43.5 Å². The van der Waals surface area contributed by atoms with Gasteiger partial charge in [0, 0.05) is 17.1 Å². The van der Waals surface area contributed by atoms with Crippen LogP contribution in [0.5, 0.6) is 0 Å². The average Bonchev–Trinajstić information content (AvgIpc) is 3.12. The zero-order valence-corrected chi connectivity index (χ0v) is 18.7. The van der Waals surface area contributed by atoms with E-state index >= 15 is 0 Å². The Morgan fingerprint density at radius 2 is 1.97 bits per heavy atom. The molecule has 1 amide bonds. The molecular formula is C22H24ClN5OS. The summed E-state index contributed by atoms with van der Waals surface area (Å²) in [5.41, 5.74) is 7.35. The van der Waals surface area contributed by atoms with Crippen molar-refractivity contribution in [1.29, 1.82) is 0 Å². The molecule has 0 unspecified atom stereocenters. The molecule has 0 saturated heterocycles. The van der Waals surface area contributed by atoms with Crippen molar-refractivity contribution in [3.05, 3.63) is 70.0 Å². The van der Waals surface area contributed by atoms with Gasteiger partial charge in [0.25, 0.3) is 0 Å². The molecule has 2 N–H and O–H groups in total. The van der Waals surface area contributed by atoms with Crippen molar-refractivity contribution in [2.75, 3.05) is 10.7 Å². The third-order valence-electron chi connectivity index (χ3n) is 5.11. The number of aromatic nitrogens is 3. The van der Waals surface area contributed by atoms with Crippen molar-refractivity contribution in [3.8, 4) is 0 Å². The van der Waals surface area contributed by atoms with Gasteiger partial charge in [0.2, 0.25) is 11.1 Å². The van der Waals surface area contributed by atoms with E-state index in [1.165, 1.54) is 17.3 Å². The SMILES string of the molecule is CCCc1nnc2n1N[C@H](c1ccc(C)cc1)[C@@H](C(=O)Nc1ccc(C)c(Cl)c1)S2. The number of amides is 1. The summed E-state index contributed by atoms with van der Waals surface area (Å²) in [6.07, 6.45) is 1.79. The van der Waals surface area contributed by atoms with Crippen LogP contribution in [0, 0.1) is 13.8 Å². The second kappa shape index (κ2) is 8.70. The van der Waals surface area contributed by atoms with E-state index in [1.807, 2.05) is 23.7 Å². The number of benzene rings is 2. The molecule has 2 heterocycles. The fraction of sp³-hybridized carbons (Fsp3) is 0.318. The van der Waals surface area contributed by atoms with Gasteiger partial charge in [-0.3, -0.25) is 4.79 Å². The molecule has 0 saturated carbocycles. The lowest BCUT2D eigenvalue weighted by Crippen LogP contribution is -2.41. The van der Waals surface area contributed by atoms with Crippen molar-refractivity contribution in [2.45, 2.75) is 50.1 Å². The molecule has 0 fully saturated rings. The summed E-state index contributed by atoms with van der Waals surface area (Å²) in [5, 5.41) is 12.5. The predicted octanol–water partition coefficient (Wildman–Crippen LogP) is 4.90. The topological polar surface area (TPSA) is 71.8 Å². The largest absolute Gasteiger partial charge is 0.325 e. The van der Waals surface area contributed by atoms with Crippen LogP contribution in [-0.4, -0.2) is 26.0 Å². The lowest BCUT2D eigenvalue weighted by atomic mass is 10.0. The van der Waals surface area contributed by atoms with E-state index in [-0.39, 0.29) is 11.9 Å². The minimum atomic E-state index is -0.418. The maximum atomic E-state index is 13.3. The van der Waals surface area contributed by atoms with Crippen molar-refractivity contribution in [3.63, 3.8) is 0 Å². The number of carbonyl (C=O) groups excluding carboxylic acids is 1. The molecule has 30 heavy (non-hydrogen) atoms. The lowest BCUT2D eigenvalue weighted by Gasteiger charge is -2.33. The Bertz CT molecular complexity index is 1070. The van der Waals surface area contributed by atoms with Crippen LogP contribution < -0.4 is 10.7 Å². The average molecular weight is 442 g/mol. The summed E-state index contributed by atoms with van der Waals surface area (Å²) in [6.45, 7) is 6.09. The van der Waals surface area contributed by atoms with E-state index in [4.69, 9.17) is 11.6 Å². The predicted molar refractivity (Wildman–Crippen MR) is 122 cm³/mol. The normalized spacial score (nSPS) is 17.9. The highest BCUT2D eigenvalue weighted by molar-refractivity contribution is 8.00. The van der Waals surface area contributed by atoms with Crippen molar-refractivity contribution in [2.24, 2.45) is 0 Å². The Morgan fingerprint density at radius 1 is 1.20 bits per heavy atom. The smallest absolute Gasteiger partial charge is 0.240 e. The quantitative estimate of drug-likeness (QED) is 0.589. The van der Waals surface area contributed by atoms with Gasteiger partial charge in [0.05, 0.1) is 6.04 Å². The third kappa shape index (κ3) is 4.18. The number of aryl methyl sites for hydroxylation is 3. The molecule has 8 heteroatoms. The number of hydrogen-bond acceptors (Lipinski definition) is 5. The van der Waals surface area contributed by atoms with Crippen molar-refractivity contribution >= 4 is 35.0 Å². The van der Waals surface area contributed by atoms with Gasteiger partial charge >= 0.3 is 0 Å². The standard InChI is InChI=1S/C22H24ClN5OS/c1-4-5-18-25-26-22-28(18)27-19(15-9-6-13(2)7-10-15)20(30-22)21(29)24-16-11-8-14(3)17(23)12-16/h6-12,19-20,27H,4-5H2,1-3H3,(H,24,29)/t19-,20+/m1/s1. The maximum absolute atomic E-state index is 13.3. The highest BCUT2D eigenvalue weighted by Crippen LogP contribution is 2.38. The number of nitrogens with zero attached hydrogens (tertiary/aromatic N) is 3. The van der Waals surface area contributed by atoms with Crippen LogP contribution in [-0.2, 0) is 11.2 Å². The van der Waals surface area contributed by atoms with E-state index < -0.39 is 5.25 Å². The summed E-state index contributed by atoms with van der Waals surface area (Å²) in [4.78, 5) is 13.3. The first-order chi connectivity index (χ1) is 14.5. The molecule has 2 atom stereocenters. The zero-order valence-electron chi connectivity index (χ0n) is 17.1. The highest BCUT2D eigenvalue weighted by atomic mass is 35.5. The molecule has 6 nitrogen and oxygen atoms in total. The van der Waals surface area contributed by atoms with E-state index in [0.717, 1.165) is 29.8 Å². The summed E-state index contributed by atoms with van der Waals surface area (Å²) in [7, 11) is 0. The number of thioether (sulfide) groups is 1. The summed E-state index contributed by atoms with van der Waals surface area (Å²) < 4.78 is 1.92. The summed E-state index contributed by atoms with van der Waals surface area (Å²) in [6, 6.07) is 13.6. The molecule has 4 rings (SSSR count). The molecule has 0 bridgehead atoms.